The van der Waals surface area contributed by atoms with E-state index >= 15 is 0 Å². The van der Waals surface area contributed by atoms with E-state index in [2.05, 4.69) is 44.0 Å². The Balaban J connectivity index is 1.80. The van der Waals surface area contributed by atoms with E-state index in [1.807, 2.05) is 6.08 Å². The van der Waals surface area contributed by atoms with E-state index in [0.29, 0.717) is 12.6 Å². The number of hydrogen-bond acceptors (Lipinski definition) is 6. The monoisotopic (exact) mass is 386 g/mol. The first-order valence-corrected chi connectivity index (χ1v) is 9.24. The minimum absolute atomic E-state index is 0.161. The summed E-state index contributed by atoms with van der Waals surface area (Å²) in [6, 6.07) is 0.520. The van der Waals surface area contributed by atoms with Crippen molar-refractivity contribution in [3.8, 4) is 0 Å². The minimum atomic E-state index is -4.48. The van der Waals surface area contributed by atoms with Crippen LogP contribution in [0.5, 0.6) is 0 Å². The normalized spacial score (nSPS) is 16.5. The molecule has 0 saturated carbocycles. The van der Waals surface area contributed by atoms with Crippen molar-refractivity contribution in [3.05, 3.63) is 24.4 Å². The third kappa shape index (κ3) is 6.35. The fourth-order valence-electron chi connectivity index (χ4n) is 3.29. The molecule has 0 aliphatic carbocycles. The Morgan fingerprint density at radius 1 is 1.37 bits per heavy atom. The second-order valence-electron chi connectivity index (χ2n) is 6.79. The molecule has 27 heavy (non-hydrogen) atoms. The van der Waals surface area contributed by atoms with E-state index in [-0.39, 0.29) is 11.8 Å². The summed E-state index contributed by atoms with van der Waals surface area (Å²) < 4.78 is 39.3. The number of aromatic nitrogens is 2. The molecule has 1 fully saturated rings. The molecule has 0 amide bonds. The molecule has 1 aliphatic rings. The predicted molar refractivity (Wildman–Crippen MR) is 102 cm³/mol. The molecule has 0 atom stereocenters. The molecule has 1 aliphatic heterocycles. The molecule has 2 rings (SSSR count). The van der Waals surface area contributed by atoms with Crippen LogP contribution in [-0.4, -0.2) is 72.6 Å². The van der Waals surface area contributed by atoms with Crippen molar-refractivity contribution >= 4 is 11.8 Å². The summed E-state index contributed by atoms with van der Waals surface area (Å²) in [5, 5.41) is 5.48. The molecule has 152 valence electrons. The standard InChI is InChI=1S/C18H29F3N6/c1-4-9-27-11-6-14(7-12-27)26(3)10-5-8-23-16-15(18(19,20)21)13-24-17(22-2)25-16/h4,13-14H,1,5-12H2,2-3H3,(H2,22,23,24,25). The van der Waals surface area contributed by atoms with Crippen molar-refractivity contribution < 1.29 is 13.2 Å². The second kappa shape index (κ2) is 9.89. The van der Waals surface area contributed by atoms with Crippen molar-refractivity contribution in [1.29, 1.82) is 0 Å². The Morgan fingerprint density at radius 2 is 2.07 bits per heavy atom. The van der Waals surface area contributed by atoms with Crippen LogP contribution in [0.4, 0.5) is 24.9 Å². The molecule has 0 unspecified atom stereocenters. The highest BCUT2D eigenvalue weighted by molar-refractivity contribution is 5.48. The number of halogens is 3. The van der Waals surface area contributed by atoms with Gasteiger partial charge in [-0.2, -0.15) is 18.2 Å². The molecule has 2 heterocycles. The quantitative estimate of drug-likeness (QED) is 0.503. The van der Waals surface area contributed by atoms with Gasteiger partial charge in [0.1, 0.15) is 11.4 Å². The molecule has 0 radical (unpaired) electrons. The predicted octanol–water partition coefficient (Wildman–Crippen LogP) is 2.92. The van der Waals surface area contributed by atoms with Gasteiger partial charge < -0.3 is 15.5 Å². The van der Waals surface area contributed by atoms with Crippen molar-refractivity contribution in [2.24, 2.45) is 0 Å². The first kappa shape index (κ1) is 21.4. The third-order valence-corrected chi connectivity index (χ3v) is 4.87. The molecule has 2 N–H and O–H groups in total. The number of anilines is 2. The maximum atomic E-state index is 13.1. The van der Waals surface area contributed by atoms with E-state index in [1.54, 1.807) is 7.05 Å². The lowest BCUT2D eigenvalue weighted by Gasteiger charge is -2.36. The van der Waals surface area contributed by atoms with Gasteiger partial charge in [-0.3, -0.25) is 4.90 Å². The van der Waals surface area contributed by atoms with Crippen molar-refractivity contribution in [3.63, 3.8) is 0 Å². The smallest absolute Gasteiger partial charge is 0.369 e. The number of nitrogens with zero attached hydrogens (tertiary/aromatic N) is 4. The number of rotatable bonds is 9. The fourth-order valence-corrected chi connectivity index (χ4v) is 3.29. The van der Waals surface area contributed by atoms with Crippen LogP contribution in [0, 0.1) is 0 Å². The average Bonchev–Trinajstić information content (AvgIpc) is 2.65. The summed E-state index contributed by atoms with van der Waals surface area (Å²) in [6.45, 7) is 8.06. The van der Waals surface area contributed by atoms with Crippen molar-refractivity contribution in [2.45, 2.75) is 31.5 Å². The van der Waals surface area contributed by atoms with Crippen LogP contribution in [0.2, 0.25) is 0 Å². The molecular weight excluding hydrogens is 357 g/mol. The van der Waals surface area contributed by atoms with E-state index in [9.17, 15) is 13.2 Å². The Kier molecular flexibility index (Phi) is 7.85. The number of alkyl halides is 3. The molecule has 1 aromatic rings. The third-order valence-electron chi connectivity index (χ3n) is 4.87. The highest BCUT2D eigenvalue weighted by Crippen LogP contribution is 2.33. The molecule has 0 bridgehead atoms. The lowest BCUT2D eigenvalue weighted by Crippen LogP contribution is -2.43. The summed E-state index contributed by atoms with van der Waals surface area (Å²) in [7, 11) is 3.65. The number of likely N-dealkylation sites (tertiary alicyclic amines) is 1. The van der Waals surface area contributed by atoms with Gasteiger partial charge in [0.15, 0.2) is 0 Å². The molecule has 6 nitrogen and oxygen atoms in total. The summed E-state index contributed by atoms with van der Waals surface area (Å²) in [4.78, 5) is 12.3. The van der Waals surface area contributed by atoms with Gasteiger partial charge in [-0.1, -0.05) is 6.08 Å². The van der Waals surface area contributed by atoms with Crippen molar-refractivity contribution in [1.82, 2.24) is 19.8 Å². The van der Waals surface area contributed by atoms with Gasteiger partial charge in [0.25, 0.3) is 0 Å². The first-order chi connectivity index (χ1) is 12.8. The van der Waals surface area contributed by atoms with Crippen LogP contribution >= 0.6 is 0 Å². The second-order valence-corrected chi connectivity index (χ2v) is 6.79. The molecular formula is C18H29F3N6. The highest BCUT2D eigenvalue weighted by Gasteiger charge is 2.35. The zero-order valence-electron chi connectivity index (χ0n) is 16.0. The lowest BCUT2D eigenvalue weighted by molar-refractivity contribution is -0.137. The first-order valence-electron chi connectivity index (χ1n) is 9.24. The Bertz CT molecular complexity index is 599. The van der Waals surface area contributed by atoms with E-state index in [0.717, 1.165) is 51.6 Å². The van der Waals surface area contributed by atoms with E-state index in [1.165, 1.54) is 0 Å². The van der Waals surface area contributed by atoms with E-state index < -0.39 is 11.7 Å². The Labute approximate surface area is 158 Å². The van der Waals surface area contributed by atoms with Gasteiger partial charge in [-0.15, -0.1) is 6.58 Å². The van der Waals surface area contributed by atoms with Crippen LogP contribution in [0.15, 0.2) is 18.9 Å². The molecule has 0 spiro atoms. The zero-order valence-corrected chi connectivity index (χ0v) is 16.0. The molecule has 9 heteroatoms. The summed E-state index contributed by atoms with van der Waals surface area (Å²) in [5.74, 6) is -0.0175. The van der Waals surface area contributed by atoms with Crippen molar-refractivity contribution in [2.75, 3.05) is 57.5 Å². The largest absolute Gasteiger partial charge is 0.421 e. The SMILES string of the molecule is C=CCN1CCC(N(C)CCCNc2nc(NC)ncc2C(F)(F)F)CC1. The van der Waals surface area contributed by atoms with Gasteiger partial charge in [0.05, 0.1) is 0 Å². The molecule has 1 aromatic heterocycles. The fraction of sp³-hybridized carbons (Fsp3) is 0.667. The van der Waals surface area contributed by atoms with Crippen LogP contribution in [-0.2, 0) is 6.18 Å². The van der Waals surface area contributed by atoms with Gasteiger partial charge in [0.2, 0.25) is 5.95 Å². The topological polar surface area (TPSA) is 56.3 Å². The Hall–Kier alpha value is -1.87. The minimum Gasteiger partial charge on any atom is -0.369 e. The maximum Gasteiger partial charge on any atom is 0.421 e. The zero-order chi connectivity index (χ0) is 19.9. The van der Waals surface area contributed by atoms with Crippen LogP contribution < -0.4 is 10.6 Å². The van der Waals surface area contributed by atoms with Gasteiger partial charge in [-0.25, -0.2) is 4.98 Å². The summed E-state index contributed by atoms with van der Waals surface area (Å²) in [6.07, 6.45) is 1.20. The molecule has 1 saturated heterocycles. The van der Waals surface area contributed by atoms with Crippen LogP contribution in [0.1, 0.15) is 24.8 Å². The number of nitrogens with one attached hydrogen (secondary N) is 2. The average molecular weight is 386 g/mol. The van der Waals surface area contributed by atoms with E-state index in [4.69, 9.17) is 0 Å². The summed E-state index contributed by atoms with van der Waals surface area (Å²) in [5.41, 5.74) is -0.843. The maximum absolute atomic E-state index is 13.1. The number of hydrogen-bond donors (Lipinski definition) is 2. The Morgan fingerprint density at radius 3 is 2.67 bits per heavy atom. The van der Waals surface area contributed by atoms with Gasteiger partial charge >= 0.3 is 6.18 Å². The highest BCUT2D eigenvalue weighted by atomic mass is 19.4. The summed E-state index contributed by atoms with van der Waals surface area (Å²) >= 11 is 0. The van der Waals surface area contributed by atoms with Gasteiger partial charge in [-0.05, 0) is 45.9 Å². The van der Waals surface area contributed by atoms with Gasteiger partial charge in [0, 0.05) is 32.4 Å². The van der Waals surface area contributed by atoms with Crippen LogP contribution in [0.3, 0.4) is 0 Å². The number of piperidine rings is 1. The lowest BCUT2D eigenvalue weighted by atomic mass is 10.0. The molecule has 0 aromatic carbocycles. The van der Waals surface area contributed by atoms with Crippen LogP contribution in [0.25, 0.3) is 0 Å².